The summed E-state index contributed by atoms with van der Waals surface area (Å²) >= 11 is 0. The molecule has 8 N–H and O–H groups in total. The highest BCUT2D eigenvalue weighted by Crippen LogP contribution is 2.35. The normalized spacial score (nSPS) is 16.0. The van der Waals surface area contributed by atoms with E-state index in [4.69, 9.17) is 38.4 Å². The molecule has 4 saturated heterocycles. The zero-order chi connectivity index (χ0) is 68.3. The lowest BCUT2D eigenvalue weighted by Gasteiger charge is -2.42. The van der Waals surface area contributed by atoms with E-state index in [-0.39, 0.29) is 54.2 Å². The van der Waals surface area contributed by atoms with Gasteiger partial charge >= 0.3 is 18.0 Å². The quantitative estimate of drug-likeness (QED) is 0.0254. The number of ether oxygens (including phenoxy) is 3. The van der Waals surface area contributed by atoms with Crippen molar-refractivity contribution < 1.29 is 58.0 Å². The molecule has 4 atom stereocenters. The summed E-state index contributed by atoms with van der Waals surface area (Å²) in [5.41, 5.74) is 13.7. The third kappa shape index (κ3) is 22.2. The topological polar surface area (TPSA) is 310 Å². The Hall–Kier alpha value is -10.1. The fraction of sp³-hybridized carbons (Fsp3) is 0.459. The van der Waals surface area contributed by atoms with Crippen LogP contribution in [0.2, 0.25) is 0 Å². The van der Waals surface area contributed by atoms with Gasteiger partial charge in [-0.25, -0.2) is 14.5 Å². The van der Waals surface area contributed by atoms with Crippen molar-refractivity contribution in [3.63, 3.8) is 0 Å². The molecular weight excluding hydrogens is 1260 g/mol. The van der Waals surface area contributed by atoms with Gasteiger partial charge in [-0.2, -0.15) is 5.26 Å². The Morgan fingerprint density at radius 2 is 0.939 bits per heavy atom. The number of nitriles is 1. The Morgan fingerprint density at radius 3 is 1.35 bits per heavy atom. The fourth-order valence-electron chi connectivity index (χ4n) is 11.4. The van der Waals surface area contributed by atoms with Crippen LogP contribution in [0.25, 0.3) is 9.69 Å². The van der Waals surface area contributed by atoms with Gasteiger partial charge in [-0.15, -0.1) is 0 Å². The molecule has 5 aromatic rings. The van der Waals surface area contributed by atoms with Crippen LogP contribution < -0.4 is 41.7 Å². The van der Waals surface area contributed by atoms with Crippen LogP contribution in [-0.4, -0.2) is 170 Å². The summed E-state index contributed by atoms with van der Waals surface area (Å²) in [6, 6.07) is 39.7. The molecule has 0 aliphatic carbocycles. The number of hydrogen-bond acceptors (Lipinski definition) is 18. The van der Waals surface area contributed by atoms with Crippen LogP contribution in [0.4, 0.5) is 33.2 Å². The van der Waals surface area contributed by atoms with Crippen LogP contribution >= 0.6 is 0 Å². The maximum atomic E-state index is 13.4. The number of carbonyl (C=O) groups is 7. The van der Waals surface area contributed by atoms with Crippen LogP contribution in [0.5, 0.6) is 0 Å². The average molecular weight is 1360 g/mol. The largest absolute Gasteiger partial charge is 0.448 e. The highest BCUT2D eigenvalue weighted by molar-refractivity contribution is 5.94. The van der Waals surface area contributed by atoms with Gasteiger partial charge in [-0.1, -0.05) is 127 Å². The van der Waals surface area contributed by atoms with Gasteiger partial charge in [0.1, 0.15) is 11.7 Å². The second-order valence-corrected chi connectivity index (χ2v) is 25.2. The number of para-hydroxylation sites is 5. The van der Waals surface area contributed by atoms with Gasteiger partial charge in [0.15, 0.2) is 12.2 Å². The molecule has 0 unspecified atom stereocenters. The maximum absolute atomic E-state index is 13.4. The number of benzene rings is 5. The van der Waals surface area contributed by atoms with E-state index < -0.39 is 65.6 Å². The number of nitrogens with zero attached hydrogens (tertiary/aromatic N) is 8. The first kappa shape index (κ1) is 81.3. The van der Waals surface area contributed by atoms with Gasteiger partial charge in [0.25, 0.3) is 23.6 Å². The number of amides is 5. The summed E-state index contributed by atoms with van der Waals surface area (Å²) in [5.74, 6) is -2.87. The number of alkyl carbamates (subject to hydrolysis) is 1. The van der Waals surface area contributed by atoms with Crippen LogP contribution in [0.3, 0.4) is 0 Å². The Bertz CT molecular complexity index is 3620. The highest BCUT2D eigenvalue weighted by atomic mass is 16.6. The Labute approximate surface area is 583 Å². The number of hydrogen-bond donors (Lipinski definition) is 7. The summed E-state index contributed by atoms with van der Waals surface area (Å²) < 4.78 is 15.6. The van der Waals surface area contributed by atoms with Gasteiger partial charge in [0.05, 0.1) is 24.4 Å². The monoisotopic (exact) mass is 1360 g/mol. The zero-order valence-electron chi connectivity index (χ0n) is 54.1. The number of carbonyl (C=O) groups excluding carboxylic acids is 7. The molecule has 532 valence electrons. The van der Waals surface area contributed by atoms with Crippen molar-refractivity contribution >= 4 is 70.1 Å². The zero-order valence-corrected chi connectivity index (χ0v) is 54.1. The summed E-state index contributed by atoms with van der Waals surface area (Å²) in [7, 11) is 0. The molecular formula is C74H99N13O12. The third-order valence-electron chi connectivity index (χ3n) is 16.7. The molecule has 0 spiro atoms. The molecule has 0 aromatic heterocycles. The van der Waals surface area contributed by atoms with Gasteiger partial charge in [-0.05, 0) is 73.8 Å². The van der Waals surface area contributed by atoms with Crippen molar-refractivity contribution in [2.24, 2.45) is 29.4 Å². The van der Waals surface area contributed by atoms with Crippen molar-refractivity contribution in [2.75, 3.05) is 93.2 Å². The first-order chi connectivity index (χ1) is 45.6. The third-order valence-corrected chi connectivity index (χ3v) is 16.7. The van der Waals surface area contributed by atoms with Crippen molar-refractivity contribution in [1.82, 2.24) is 31.1 Å². The van der Waals surface area contributed by atoms with Gasteiger partial charge in [0.2, 0.25) is 23.6 Å². The minimum atomic E-state index is -1.82. The molecule has 5 aromatic carbocycles. The van der Waals surface area contributed by atoms with E-state index in [1.807, 2.05) is 135 Å². The second kappa shape index (κ2) is 38.2. The number of esters is 2. The van der Waals surface area contributed by atoms with E-state index in [2.05, 4.69) is 46.8 Å². The van der Waals surface area contributed by atoms with Gasteiger partial charge in [0, 0.05) is 147 Å². The molecule has 6 heterocycles. The SMILES string of the molecule is C.C.C.C.CC(C)(C)OC(=O)NCC1CNC1.N#Cc1ccccc1N1CC(CN)C1.[C-]#[N+]c1ccccc1N1CC(CNC(=O)[C@H](O)[C@@H](O)C(=O)N2Cc3ccccc3C2)C1.[C-]#[N+]c1ccccc1N1CC(CNC(=O)[C@H](OC(C)=O)[C@@H](OC(C)=O)C(=O)N2Cc3ccccc3C2)C1. The summed E-state index contributed by atoms with van der Waals surface area (Å²) in [6.07, 6.45) is -7.19. The Balaban J connectivity index is 0.000000300. The smallest absolute Gasteiger partial charge is 0.407 e. The van der Waals surface area contributed by atoms with Crippen molar-refractivity contribution in [1.29, 1.82) is 5.26 Å². The van der Waals surface area contributed by atoms with Crippen LogP contribution in [0.1, 0.15) is 92.1 Å². The van der Waals surface area contributed by atoms with E-state index in [1.165, 1.54) is 9.80 Å². The number of fused-ring (bicyclic) bond motifs is 2. The lowest BCUT2D eigenvalue weighted by Crippen LogP contribution is -2.56. The van der Waals surface area contributed by atoms with E-state index in [0.717, 1.165) is 91.5 Å². The minimum absolute atomic E-state index is 0. The summed E-state index contributed by atoms with van der Waals surface area (Å²) in [4.78, 5) is 102. The van der Waals surface area contributed by atoms with Crippen LogP contribution in [0.15, 0.2) is 121 Å². The van der Waals surface area contributed by atoms with Crippen molar-refractivity contribution in [3.8, 4) is 6.07 Å². The van der Waals surface area contributed by atoms with E-state index >= 15 is 0 Å². The number of nitrogens with two attached hydrogens (primary N) is 1. The lowest BCUT2D eigenvalue weighted by atomic mass is 9.98. The maximum Gasteiger partial charge on any atom is 0.407 e. The predicted molar refractivity (Wildman–Crippen MR) is 381 cm³/mol. The highest BCUT2D eigenvalue weighted by Gasteiger charge is 2.44. The molecule has 6 aliphatic rings. The predicted octanol–water partition coefficient (Wildman–Crippen LogP) is 7.48. The summed E-state index contributed by atoms with van der Waals surface area (Å²) in [6.45, 7) is 32.3. The molecule has 0 saturated carbocycles. The standard InChI is InChI=1S/C27H28N4O6.C23H24N4O4.C11H13N3.C9H18N2O2.4CH4/c1-17(32)36-24(25(37-18(2)33)27(35)31-15-20-8-4-5-9-21(20)16-31)26(34)29-12-19-13-30(14-19)23-11-7-6-10-22(23)28-3;1-24-18-8-4-5-9-19(18)26-11-15(12-26)10-25-22(30)20(28)21(29)23(31)27-13-16-6-2-3-7-17(16)14-27;12-5-9-7-14(8-9)11-4-2-1-3-10(11)6-13;1-9(2,3)13-8(12)11-6-7-4-10-5-7;;;;/h4-11,19,24-25H,12-16H2,1-2H3,(H,29,34);2-9,15,20-21,28-29H,10-14H2,(H,25,30);1-4,9H,5,7-8,12H2;7,10H,4-6H2,1-3H3,(H,11,12);4*1H4/t24-,25-;20-,21-;;;;;;/m11....../s1. The Morgan fingerprint density at radius 1 is 0.556 bits per heavy atom. The number of nitrogens with one attached hydrogen (secondary N) is 4. The first-order valence-corrected chi connectivity index (χ1v) is 31.6. The number of aliphatic hydroxyl groups excluding tert-OH is 2. The molecule has 4 fully saturated rings. The second-order valence-electron chi connectivity index (χ2n) is 25.2. The summed E-state index contributed by atoms with van der Waals surface area (Å²) in [5, 5.41) is 40.6. The lowest BCUT2D eigenvalue weighted by molar-refractivity contribution is -0.178. The molecule has 25 nitrogen and oxygen atoms in total. The molecule has 0 bridgehead atoms. The fourth-order valence-corrected chi connectivity index (χ4v) is 11.4. The van der Waals surface area contributed by atoms with Crippen LogP contribution in [0, 0.1) is 48.1 Å². The molecule has 0 radical (unpaired) electrons. The number of anilines is 3. The first-order valence-electron chi connectivity index (χ1n) is 31.6. The van der Waals surface area contributed by atoms with Crippen molar-refractivity contribution in [2.45, 2.75) is 121 Å². The minimum Gasteiger partial charge on any atom is -0.448 e. The van der Waals surface area contributed by atoms with Gasteiger partial charge < -0.3 is 75.9 Å². The van der Waals surface area contributed by atoms with E-state index in [1.54, 1.807) is 12.1 Å². The molecule has 5 amide bonds. The molecule has 6 aliphatic heterocycles. The van der Waals surface area contributed by atoms with Crippen molar-refractivity contribution in [3.05, 3.63) is 172 Å². The van der Waals surface area contributed by atoms with E-state index in [0.29, 0.717) is 88.7 Å². The molecule has 25 heteroatoms. The van der Waals surface area contributed by atoms with E-state index in [9.17, 15) is 43.8 Å². The molecule has 11 rings (SSSR count). The average Bonchev–Trinajstić information content (AvgIpc) is 1.81. The molecule has 99 heavy (non-hydrogen) atoms. The number of aliphatic hydroxyl groups is 2. The number of rotatable bonds is 18. The van der Waals surface area contributed by atoms with Gasteiger partial charge in [-0.3, -0.25) is 28.8 Å². The Kier molecular flexibility index (Phi) is 31.3. The van der Waals surface area contributed by atoms with Crippen LogP contribution in [-0.2, 0) is 69.2 Å².